The Hall–Kier alpha value is -3.07. The first-order valence-corrected chi connectivity index (χ1v) is 9.22. The van der Waals surface area contributed by atoms with E-state index in [0.29, 0.717) is 39.8 Å². The van der Waals surface area contributed by atoms with Gasteiger partial charge in [-0.2, -0.15) is 15.4 Å². The van der Waals surface area contributed by atoms with E-state index in [0.717, 1.165) is 0 Å². The van der Waals surface area contributed by atoms with E-state index in [1.54, 1.807) is 24.3 Å². The summed E-state index contributed by atoms with van der Waals surface area (Å²) in [5.74, 6) is 1.63. The highest BCUT2D eigenvalue weighted by Crippen LogP contribution is 2.45. The van der Waals surface area contributed by atoms with Crippen molar-refractivity contribution in [1.82, 2.24) is 15.4 Å². The number of phosphoric acid groups is 1. The molecule has 0 amide bonds. The Morgan fingerprint density at radius 1 is 1.07 bits per heavy atom. The molecule has 0 radical (unpaired) electrons. The Bertz CT molecular complexity index is 1030. The van der Waals surface area contributed by atoms with Crippen molar-refractivity contribution in [2.24, 2.45) is 0 Å². The lowest BCUT2D eigenvalue weighted by molar-refractivity contribution is 0.171. The van der Waals surface area contributed by atoms with Crippen LogP contribution < -0.4 is 18.7 Å². The number of benzene rings is 2. The van der Waals surface area contributed by atoms with Gasteiger partial charge in [-0.3, -0.25) is 9.79 Å². The van der Waals surface area contributed by atoms with Crippen LogP contribution in [0.15, 0.2) is 36.4 Å². The van der Waals surface area contributed by atoms with E-state index in [1.165, 1.54) is 19.2 Å². The number of fused-ring (bicyclic) bond motifs is 1. The summed E-state index contributed by atoms with van der Waals surface area (Å²) in [7, 11) is -3.08. The molecule has 0 saturated carbocycles. The molecule has 140 valence electrons. The van der Waals surface area contributed by atoms with Gasteiger partial charge in [0.1, 0.15) is 17.1 Å². The summed E-state index contributed by atoms with van der Waals surface area (Å²) in [6.07, 6.45) is 0. The van der Waals surface area contributed by atoms with E-state index in [9.17, 15) is 4.57 Å². The maximum Gasteiger partial charge on any atom is 0.524 e. The molecule has 1 aliphatic heterocycles. The fraction of sp³-hybridized carbons (Fsp3) is 0.125. The second kappa shape index (κ2) is 6.58. The zero-order valence-corrected chi connectivity index (χ0v) is 14.8. The summed E-state index contributed by atoms with van der Waals surface area (Å²) in [5, 5.41) is 11.0. The minimum Gasteiger partial charge on any atom is -0.493 e. The number of aromatic amines is 1. The number of H-pyrrole nitrogens is 1. The van der Waals surface area contributed by atoms with Crippen molar-refractivity contribution in [3.8, 4) is 45.5 Å². The summed E-state index contributed by atoms with van der Waals surface area (Å²) in [6, 6.07) is 9.66. The molecule has 4 rings (SSSR count). The third-order valence-corrected chi connectivity index (χ3v) is 4.28. The molecule has 0 fully saturated rings. The van der Waals surface area contributed by atoms with Crippen molar-refractivity contribution in [2.75, 3.05) is 13.9 Å². The Balaban J connectivity index is 1.71. The van der Waals surface area contributed by atoms with Crippen LogP contribution in [0.1, 0.15) is 0 Å². The van der Waals surface area contributed by atoms with Crippen LogP contribution in [0, 0.1) is 0 Å². The minimum absolute atomic E-state index is 0.0434. The first-order chi connectivity index (χ1) is 12.9. The summed E-state index contributed by atoms with van der Waals surface area (Å²) in [4.78, 5) is 17.7. The average Bonchev–Trinajstić information content (AvgIpc) is 3.29. The largest absolute Gasteiger partial charge is 0.524 e. The smallest absolute Gasteiger partial charge is 0.493 e. The summed E-state index contributed by atoms with van der Waals surface area (Å²) >= 11 is 0. The first kappa shape index (κ1) is 17.3. The molecule has 3 aromatic rings. The Kier molecular flexibility index (Phi) is 4.23. The molecule has 1 aliphatic rings. The fourth-order valence-electron chi connectivity index (χ4n) is 2.71. The highest BCUT2D eigenvalue weighted by atomic mass is 31.2. The lowest BCUT2D eigenvalue weighted by atomic mass is 10.0. The van der Waals surface area contributed by atoms with Gasteiger partial charge in [0.2, 0.25) is 12.5 Å². The number of hydrogen-bond donors (Lipinski definition) is 3. The van der Waals surface area contributed by atoms with Gasteiger partial charge in [-0.15, -0.1) is 0 Å². The van der Waals surface area contributed by atoms with Gasteiger partial charge >= 0.3 is 7.82 Å². The third kappa shape index (κ3) is 3.45. The average molecular weight is 391 g/mol. The van der Waals surface area contributed by atoms with Crippen LogP contribution >= 0.6 is 7.82 Å². The van der Waals surface area contributed by atoms with Crippen LogP contribution in [-0.4, -0.2) is 39.1 Å². The van der Waals surface area contributed by atoms with Gasteiger partial charge in [-0.1, -0.05) is 0 Å². The van der Waals surface area contributed by atoms with Crippen LogP contribution in [0.4, 0.5) is 0 Å². The highest BCUT2D eigenvalue weighted by molar-refractivity contribution is 7.46. The van der Waals surface area contributed by atoms with Crippen molar-refractivity contribution in [1.29, 1.82) is 0 Å². The number of hydrogen-bond acceptors (Lipinski definition) is 7. The van der Waals surface area contributed by atoms with Crippen molar-refractivity contribution in [3.63, 3.8) is 0 Å². The summed E-state index contributed by atoms with van der Waals surface area (Å²) < 4.78 is 31.6. The fourth-order valence-corrected chi connectivity index (χ4v) is 3.11. The van der Waals surface area contributed by atoms with E-state index in [2.05, 4.69) is 19.9 Å². The lowest BCUT2D eigenvalue weighted by Crippen LogP contribution is -1.93. The topological polar surface area (TPSA) is 136 Å². The van der Waals surface area contributed by atoms with Crippen molar-refractivity contribution < 1.29 is 33.1 Å². The molecule has 0 bridgehead atoms. The molecular formula is C16H14N3O7P. The normalized spacial score (nSPS) is 12.9. The molecule has 27 heavy (non-hydrogen) atoms. The van der Waals surface area contributed by atoms with Gasteiger partial charge in [0.25, 0.3) is 0 Å². The second-order valence-electron chi connectivity index (χ2n) is 5.54. The van der Waals surface area contributed by atoms with Gasteiger partial charge in [0.05, 0.1) is 7.11 Å². The minimum atomic E-state index is -4.61. The second-order valence-corrected chi connectivity index (χ2v) is 6.70. The van der Waals surface area contributed by atoms with Gasteiger partial charge in [-0.05, 0) is 36.4 Å². The Labute approximate surface area is 152 Å². The van der Waals surface area contributed by atoms with E-state index in [4.69, 9.17) is 24.0 Å². The van der Waals surface area contributed by atoms with Crippen LogP contribution in [0.5, 0.6) is 23.0 Å². The maximum atomic E-state index is 10.9. The van der Waals surface area contributed by atoms with E-state index in [-0.39, 0.29) is 12.5 Å². The number of ether oxygens (including phenoxy) is 3. The van der Waals surface area contributed by atoms with E-state index < -0.39 is 7.82 Å². The number of rotatable bonds is 5. The predicted molar refractivity (Wildman–Crippen MR) is 92.6 cm³/mol. The zero-order chi connectivity index (χ0) is 19.0. The molecule has 11 heteroatoms. The molecule has 3 N–H and O–H groups in total. The molecule has 0 atom stereocenters. The molecule has 2 heterocycles. The number of phosphoric ester groups is 1. The van der Waals surface area contributed by atoms with Crippen molar-refractivity contribution >= 4 is 7.82 Å². The number of aromatic nitrogens is 3. The Morgan fingerprint density at radius 3 is 2.44 bits per heavy atom. The Morgan fingerprint density at radius 2 is 1.78 bits per heavy atom. The van der Waals surface area contributed by atoms with Gasteiger partial charge < -0.3 is 18.7 Å². The molecule has 0 saturated heterocycles. The van der Waals surface area contributed by atoms with Crippen LogP contribution in [0.3, 0.4) is 0 Å². The maximum absolute atomic E-state index is 10.9. The number of methoxy groups -OCH3 is 1. The van der Waals surface area contributed by atoms with Gasteiger partial charge in [0.15, 0.2) is 11.5 Å². The van der Waals surface area contributed by atoms with E-state index in [1.807, 2.05) is 0 Å². The van der Waals surface area contributed by atoms with E-state index >= 15 is 0 Å². The lowest BCUT2D eigenvalue weighted by Gasteiger charge is -2.09. The quantitative estimate of drug-likeness (QED) is 0.560. The first-order valence-electron chi connectivity index (χ1n) is 7.69. The van der Waals surface area contributed by atoms with Crippen molar-refractivity contribution in [3.05, 3.63) is 36.4 Å². The van der Waals surface area contributed by atoms with Crippen LogP contribution in [-0.2, 0) is 4.57 Å². The molecular weight excluding hydrogens is 377 g/mol. The number of nitrogens with one attached hydrogen (secondary N) is 1. The molecule has 10 nitrogen and oxygen atoms in total. The molecule has 2 aromatic carbocycles. The monoisotopic (exact) mass is 391 g/mol. The molecule has 1 aromatic heterocycles. The standard InChI is InChI=1S/C16H14N3O7P/c1-23-12-6-10(7-13-16(12)25-8-24-13)15-14(17-19-18-15)9-2-4-11(5-3-9)26-27(20,21)22/h2-7H,8H2,1H3,(H,17,18,19)(H2,20,21,22). The molecule has 0 unspecified atom stereocenters. The molecule has 0 spiro atoms. The molecule has 0 aliphatic carbocycles. The van der Waals surface area contributed by atoms with Gasteiger partial charge in [0, 0.05) is 11.1 Å². The highest BCUT2D eigenvalue weighted by Gasteiger charge is 2.23. The SMILES string of the molecule is COc1cc(-c2n[nH]nc2-c2ccc(OP(=O)(O)O)cc2)cc2c1OCO2. The predicted octanol–water partition coefficient (Wildman–Crippen LogP) is 2.35. The van der Waals surface area contributed by atoms with Crippen LogP contribution in [0.2, 0.25) is 0 Å². The summed E-state index contributed by atoms with van der Waals surface area (Å²) in [6.45, 7) is 0.113. The van der Waals surface area contributed by atoms with Crippen molar-refractivity contribution in [2.45, 2.75) is 0 Å². The summed E-state index contributed by atoms with van der Waals surface area (Å²) in [5.41, 5.74) is 2.47. The van der Waals surface area contributed by atoms with Crippen LogP contribution in [0.25, 0.3) is 22.5 Å². The number of nitrogens with zero attached hydrogens (tertiary/aromatic N) is 2. The zero-order valence-electron chi connectivity index (χ0n) is 13.9. The van der Waals surface area contributed by atoms with Gasteiger partial charge in [-0.25, -0.2) is 4.57 Å². The third-order valence-electron chi connectivity index (χ3n) is 3.83.